The summed E-state index contributed by atoms with van der Waals surface area (Å²) in [5.74, 6) is 0.407. The van der Waals surface area contributed by atoms with Crippen molar-refractivity contribution in [2.75, 3.05) is 13.1 Å². The molecule has 1 aliphatic rings. The van der Waals surface area contributed by atoms with Crippen molar-refractivity contribution in [2.45, 2.75) is 44.9 Å². The molecule has 2 aromatic rings. The summed E-state index contributed by atoms with van der Waals surface area (Å²) in [7, 11) is 0. The van der Waals surface area contributed by atoms with Gasteiger partial charge in [-0.1, -0.05) is 12.1 Å². The van der Waals surface area contributed by atoms with E-state index in [0.717, 1.165) is 51.0 Å². The molecule has 0 bridgehead atoms. The lowest BCUT2D eigenvalue weighted by Gasteiger charge is -2.31. The van der Waals surface area contributed by atoms with E-state index in [2.05, 4.69) is 15.2 Å². The van der Waals surface area contributed by atoms with Gasteiger partial charge in [0.1, 0.15) is 0 Å². The molecule has 0 saturated carbocycles. The minimum absolute atomic E-state index is 0.110. The number of amides is 1. The molecule has 156 valence electrons. The number of hydrogen-bond donors (Lipinski definition) is 1. The Morgan fingerprint density at radius 2 is 1.83 bits per heavy atom. The Morgan fingerprint density at radius 3 is 2.52 bits per heavy atom. The van der Waals surface area contributed by atoms with Crippen molar-refractivity contribution in [3.63, 3.8) is 0 Å². The molecule has 3 rings (SSSR count). The van der Waals surface area contributed by atoms with Crippen molar-refractivity contribution in [1.82, 2.24) is 15.2 Å². The number of nitrogens with zero attached hydrogens (tertiary/aromatic N) is 2. The maximum absolute atomic E-state index is 12.7. The van der Waals surface area contributed by atoms with Crippen molar-refractivity contribution in [3.8, 4) is 0 Å². The topological polar surface area (TPSA) is 45.2 Å². The number of nitrogens with one attached hydrogen (secondary N) is 1. The zero-order valence-corrected chi connectivity index (χ0v) is 16.3. The van der Waals surface area contributed by atoms with E-state index in [0.29, 0.717) is 17.9 Å². The van der Waals surface area contributed by atoms with Crippen molar-refractivity contribution in [2.24, 2.45) is 5.92 Å². The summed E-state index contributed by atoms with van der Waals surface area (Å²) < 4.78 is 38.2. The summed E-state index contributed by atoms with van der Waals surface area (Å²) in [5, 5.41) is 2.74. The van der Waals surface area contributed by atoms with Crippen LogP contribution in [0.5, 0.6) is 0 Å². The van der Waals surface area contributed by atoms with Gasteiger partial charge in [-0.3, -0.25) is 14.7 Å². The summed E-state index contributed by atoms with van der Waals surface area (Å²) >= 11 is 0. The molecule has 29 heavy (non-hydrogen) atoms. The molecule has 1 saturated heterocycles. The predicted octanol–water partition coefficient (Wildman–Crippen LogP) is 4.41. The van der Waals surface area contributed by atoms with Gasteiger partial charge in [-0.05, 0) is 73.7 Å². The van der Waals surface area contributed by atoms with Crippen LogP contribution in [0.3, 0.4) is 0 Å². The fraction of sp³-hybridized carbons (Fsp3) is 0.455. The Bertz CT molecular complexity index is 787. The largest absolute Gasteiger partial charge is 0.416 e. The summed E-state index contributed by atoms with van der Waals surface area (Å²) in [6.45, 7) is 3.07. The molecule has 2 heterocycles. The normalized spacial score (nSPS) is 16.0. The Hall–Kier alpha value is -2.41. The van der Waals surface area contributed by atoms with Gasteiger partial charge in [0.2, 0.25) is 5.91 Å². The quantitative estimate of drug-likeness (QED) is 0.742. The summed E-state index contributed by atoms with van der Waals surface area (Å²) in [4.78, 5) is 18.5. The van der Waals surface area contributed by atoms with Gasteiger partial charge in [0, 0.05) is 31.9 Å². The number of likely N-dealkylation sites (tertiary alicyclic amines) is 1. The number of piperidine rings is 1. The number of halogens is 3. The first-order chi connectivity index (χ1) is 13.9. The van der Waals surface area contributed by atoms with Crippen LogP contribution in [0.1, 0.15) is 42.4 Å². The van der Waals surface area contributed by atoms with Crippen LogP contribution in [0.15, 0.2) is 48.8 Å². The van der Waals surface area contributed by atoms with Crippen LogP contribution in [0.4, 0.5) is 13.2 Å². The molecule has 1 amide bonds. The van der Waals surface area contributed by atoms with Gasteiger partial charge in [0.15, 0.2) is 0 Å². The SMILES string of the molecule is O=C(CCC1CCN(Cc2ccncc2)CC1)NCc1cccc(C(F)(F)F)c1. The van der Waals surface area contributed by atoms with Crippen LogP contribution in [-0.2, 0) is 24.1 Å². The number of aromatic nitrogens is 1. The van der Waals surface area contributed by atoms with Crippen LogP contribution in [-0.4, -0.2) is 28.9 Å². The molecule has 0 aliphatic carbocycles. The number of rotatable bonds is 7. The highest BCUT2D eigenvalue weighted by atomic mass is 19.4. The minimum Gasteiger partial charge on any atom is -0.352 e. The highest BCUT2D eigenvalue weighted by molar-refractivity contribution is 5.75. The van der Waals surface area contributed by atoms with Crippen LogP contribution in [0.2, 0.25) is 0 Å². The first-order valence-corrected chi connectivity index (χ1v) is 9.94. The molecule has 1 N–H and O–H groups in total. The highest BCUT2D eigenvalue weighted by Gasteiger charge is 2.30. The maximum Gasteiger partial charge on any atom is 0.416 e. The molecule has 0 radical (unpaired) electrons. The fourth-order valence-corrected chi connectivity index (χ4v) is 3.66. The van der Waals surface area contributed by atoms with Gasteiger partial charge >= 0.3 is 6.18 Å². The molecular formula is C22H26F3N3O. The highest BCUT2D eigenvalue weighted by Crippen LogP contribution is 2.29. The third kappa shape index (κ3) is 6.85. The van der Waals surface area contributed by atoms with E-state index in [9.17, 15) is 18.0 Å². The van der Waals surface area contributed by atoms with E-state index in [1.807, 2.05) is 12.1 Å². The average molecular weight is 405 g/mol. The number of carbonyl (C=O) groups is 1. The third-order valence-electron chi connectivity index (χ3n) is 5.39. The first-order valence-electron chi connectivity index (χ1n) is 9.94. The molecule has 1 fully saturated rings. The molecule has 4 nitrogen and oxygen atoms in total. The molecule has 0 unspecified atom stereocenters. The zero-order chi connectivity index (χ0) is 20.7. The number of benzene rings is 1. The van der Waals surface area contributed by atoms with Crippen LogP contribution in [0, 0.1) is 5.92 Å². The van der Waals surface area contributed by atoms with Crippen molar-refractivity contribution in [1.29, 1.82) is 0 Å². The van der Waals surface area contributed by atoms with Gasteiger partial charge in [-0.25, -0.2) is 0 Å². The van der Waals surface area contributed by atoms with Crippen LogP contribution < -0.4 is 5.32 Å². The van der Waals surface area contributed by atoms with Crippen LogP contribution in [0.25, 0.3) is 0 Å². The smallest absolute Gasteiger partial charge is 0.352 e. The summed E-state index contributed by atoms with van der Waals surface area (Å²) in [5.41, 5.74) is 1.02. The lowest BCUT2D eigenvalue weighted by Crippen LogP contribution is -2.33. The first kappa shape index (κ1) is 21.3. The molecule has 1 aromatic carbocycles. The van der Waals surface area contributed by atoms with Gasteiger partial charge in [0.05, 0.1) is 5.56 Å². The van der Waals surface area contributed by atoms with E-state index in [4.69, 9.17) is 0 Å². The van der Waals surface area contributed by atoms with Crippen molar-refractivity contribution < 1.29 is 18.0 Å². The number of hydrogen-bond acceptors (Lipinski definition) is 3. The molecule has 7 heteroatoms. The van der Waals surface area contributed by atoms with Gasteiger partial charge in [0.25, 0.3) is 0 Å². The monoisotopic (exact) mass is 405 g/mol. The number of pyridine rings is 1. The molecule has 0 atom stereocenters. The van der Waals surface area contributed by atoms with E-state index < -0.39 is 11.7 Å². The fourth-order valence-electron chi connectivity index (χ4n) is 3.66. The van der Waals surface area contributed by atoms with Crippen molar-refractivity contribution >= 4 is 5.91 Å². The molecule has 0 spiro atoms. The lowest BCUT2D eigenvalue weighted by atomic mass is 9.92. The Kier molecular flexibility index (Phi) is 7.25. The predicted molar refractivity (Wildman–Crippen MR) is 105 cm³/mol. The molecular weight excluding hydrogens is 379 g/mol. The average Bonchev–Trinajstić information content (AvgIpc) is 2.72. The molecule has 1 aromatic heterocycles. The zero-order valence-electron chi connectivity index (χ0n) is 16.3. The maximum atomic E-state index is 12.7. The second-order valence-electron chi connectivity index (χ2n) is 7.59. The third-order valence-corrected chi connectivity index (χ3v) is 5.39. The Labute approximate surface area is 169 Å². The molecule has 1 aliphatic heterocycles. The van der Waals surface area contributed by atoms with E-state index in [1.54, 1.807) is 18.5 Å². The van der Waals surface area contributed by atoms with E-state index >= 15 is 0 Å². The van der Waals surface area contributed by atoms with E-state index in [-0.39, 0.29) is 12.5 Å². The second-order valence-corrected chi connectivity index (χ2v) is 7.59. The van der Waals surface area contributed by atoms with Crippen LogP contribution >= 0.6 is 0 Å². The number of alkyl halides is 3. The van der Waals surface area contributed by atoms with E-state index in [1.165, 1.54) is 11.6 Å². The minimum atomic E-state index is -4.37. The van der Waals surface area contributed by atoms with Gasteiger partial charge in [-0.15, -0.1) is 0 Å². The van der Waals surface area contributed by atoms with Gasteiger partial charge in [-0.2, -0.15) is 13.2 Å². The second kappa shape index (κ2) is 9.87. The van der Waals surface area contributed by atoms with Crippen molar-refractivity contribution in [3.05, 3.63) is 65.5 Å². The summed E-state index contributed by atoms with van der Waals surface area (Å²) in [6.07, 6.45) is 2.59. The standard InChI is InChI=1S/C22H26F3N3O/c23-22(24,25)20-3-1-2-19(14-20)15-27-21(29)5-4-17-8-12-28(13-9-17)16-18-6-10-26-11-7-18/h1-3,6-7,10-11,14,17H,4-5,8-9,12-13,15-16H2,(H,27,29). The van der Waals surface area contributed by atoms with Gasteiger partial charge < -0.3 is 5.32 Å². The Morgan fingerprint density at radius 1 is 1.10 bits per heavy atom. The Balaban J connectivity index is 1.35. The number of carbonyl (C=O) groups excluding carboxylic acids is 1. The summed E-state index contributed by atoms with van der Waals surface area (Å²) in [6, 6.07) is 9.13. The lowest BCUT2D eigenvalue weighted by molar-refractivity contribution is -0.137.